The van der Waals surface area contributed by atoms with Crippen LogP contribution in [0.3, 0.4) is 0 Å². The van der Waals surface area contributed by atoms with E-state index in [2.05, 4.69) is 133 Å². The summed E-state index contributed by atoms with van der Waals surface area (Å²) in [6.07, 6.45) is 3.70. The van der Waals surface area contributed by atoms with E-state index in [-0.39, 0.29) is 0 Å². The van der Waals surface area contributed by atoms with E-state index in [1.165, 1.54) is 43.8 Å². The molecule has 0 saturated carbocycles. The van der Waals surface area contributed by atoms with Crippen molar-refractivity contribution >= 4 is 43.6 Å². The number of hydrogen-bond acceptors (Lipinski definition) is 2. The third kappa shape index (κ3) is 3.87. The van der Waals surface area contributed by atoms with Crippen molar-refractivity contribution < 1.29 is 0 Å². The molecule has 8 rings (SSSR count). The van der Waals surface area contributed by atoms with Crippen LogP contribution >= 0.6 is 0 Å². The Balaban J connectivity index is 1.62. The second-order valence-corrected chi connectivity index (χ2v) is 12.0. The summed E-state index contributed by atoms with van der Waals surface area (Å²) in [6.45, 7) is 8.54. The number of nitriles is 1. The van der Waals surface area contributed by atoms with Crippen molar-refractivity contribution in [3.63, 3.8) is 0 Å². The minimum atomic E-state index is 0.610. The largest absolute Gasteiger partial charge is 0.308 e. The molecular weight excluding hydrogens is 536 g/mol. The van der Waals surface area contributed by atoms with Crippen LogP contribution in [0.2, 0.25) is 0 Å². The number of benzene rings is 5. The zero-order valence-electron chi connectivity index (χ0n) is 25.2. The number of hydrogen-bond donors (Lipinski definition) is 0. The molecule has 5 aromatic carbocycles. The lowest BCUT2D eigenvalue weighted by atomic mass is 9.98. The normalized spacial score (nSPS) is 11.6. The smallest absolute Gasteiger partial charge is 0.0993 e. The van der Waals surface area contributed by atoms with Crippen LogP contribution < -0.4 is 0 Å². The van der Waals surface area contributed by atoms with Crippen LogP contribution in [-0.2, 0) is 0 Å². The van der Waals surface area contributed by atoms with Gasteiger partial charge in [-0.25, -0.2) is 0 Å². The maximum absolute atomic E-state index is 10.5. The van der Waals surface area contributed by atoms with Crippen LogP contribution in [-0.4, -0.2) is 14.1 Å². The summed E-state index contributed by atoms with van der Waals surface area (Å²) >= 11 is 0. The molecule has 0 aliphatic rings. The van der Waals surface area contributed by atoms with Crippen LogP contribution in [0.5, 0.6) is 0 Å². The third-order valence-corrected chi connectivity index (χ3v) is 8.83. The molecule has 8 aromatic rings. The van der Waals surface area contributed by atoms with Gasteiger partial charge in [0, 0.05) is 39.5 Å². The monoisotopic (exact) mass is 566 g/mol. The molecule has 4 heteroatoms. The van der Waals surface area contributed by atoms with Crippen LogP contribution in [0.15, 0.2) is 109 Å². The number of nitrogens with zero attached hydrogens (tertiary/aromatic N) is 4. The molecule has 0 aliphatic heterocycles. The topological polar surface area (TPSA) is 46.5 Å². The molecule has 3 aromatic heterocycles. The first-order valence-corrected chi connectivity index (χ1v) is 14.9. The number of rotatable bonds is 3. The summed E-state index contributed by atoms with van der Waals surface area (Å²) in [5, 5.41) is 15.3. The number of aryl methyl sites for hydroxylation is 4. The molecule has 0 atom stereocenters. The van der Waals surface area contributed by atoms with Crippen molar-refractivity contribution in [2.24, 2.45) is 0 Å². The van der Waals surface area contributed by atoms with E-state index in [1.54, 1.807) is 0 Å². The summed E-state index contributed by atoms with van der Waals surface area (Å²) in [5.74, 6) is 0. The summed E-state index contributed by atoms with van der Waals surface area (Å²) in [4.78, 5) is 4.37. The quantitative estimate of drug-likeness (QED) is 0.214. The Kier molecular flexibility index (Phi) is 5.73. The Morgan fingerprint density at radius 1 is 0.500 bits per heavy atom. The SMILES string of the molecule is Cc1ccc2c3ccc(C)cc3n(-c3cc(C#N)cc(-n4c5cc(C)ccc5c5ccc(C)cc54)c3-c3ccncc3)c2c1. The minimum absolute atomic E-state index is 0.610. The highest BCUT2D eigenvalue weighted by molar-refractivity contribution is 6.12. The van der Waals surface area contributed by atoms with Crippen molar-refractivity contribution in [2.45, 2.75) is 27.7 Å². The van der Waals surface area contributed by atoms with Crippen LogP contribution in [0.1, 0.15) is 27.8 Å². The Bertz CT molecular complexity index is 2220. The molecule has 0 N–H and O–H groups in total. The predicted octanol–water partition coefficient (Wildman–Crippen LogP) is 10.0. The molecule has 3 heterocycles. The fourth-order valence-corrected chi connectivity index (χ4v) is 6.84. The first-order chi connectivity index (χ1) is 21.4. The van der Waals surface area contributed by atoms with E-state index in [0.29, 0.717) is 5.56 Å². The molecule has 0 fully saturated rings. The lowest BCUT2D eigenvalue weighted by molar-refractivity contribution is 1.13. The third-order valence-electron chi connectivity index (χ3n) is 8.83. The van der Waals surface area contributed by atoms with Crippen LogP contribution in [0.4, 0.5) is 0 Å². The van der Waals surface area contributed by atoms with Gasteiger partial charge in [0.05, 0.1) is 45.1 Å². The lowest BCUT2D eigenvalue weighted by Crippen LogP contribution is -2.05. The van der Waals surface area contributed by atoms with Gasteiger partial charge < -0.3 is 9.13 Å². The molecule has 4 nitrogen and oxygen atoms in total. The average Bonchev–Trinajstić information content (AvgIpc) is 3.51. The Morgan fingerprint density at radius 2 is 0.864 bits per heavy atom. The molecule has 0 spiro atoms. The molecule has 0 amide bonds. The van der Waals surface area contributed by atoms with Crippen molar-refractivity contribution in [3.8, 4) is 28.6 Å². The summed E-state index contributed by atoms with van der Waals surface area (Å²) in [6, 6.07) is 37.4. The molecule has 0 unspecified atom stereocenters. The highest BCUT2D eigenvalue weighted by Crippen LogP contribution is 2.43. The second-order valence-electron chi connectivity index (χ2n) is 12.0. The lowest BCUT2D eigenvalue weighted by Gasteiger charge is -2.21. The predicted molar refractivity (Wildman–Crippen MR) is 182 cm³/mol. The zero-order valence-corrected chi connectivity index (χ0v) is 25.2. The van der Waals surface area contributed by atoms with E-state index < -0.39 is 0 Å². The van der Waals surface area contributed by atoms with E-state index in [9.17, 15) is 5.26 Å². The molecule has 44 heavy (non-hydrogen) atoms. The number of aromatic nitrogens is 3. The van der Waals surface area contributed by atoms with Crippen molar-refractivity contribution in [2.75, 3.05) is 0 Å². The fourth-order valence-electron chi connectivity index (χ4n) is 6.84. The molecule has 0 aliphatic carbocycles. The van der Waals surface area contributed by atoms with Crippen molar-refractivity contribution in [3.05, 3.63) is 137 Å². The van der Waals surface area contributed by atoms with Gasteiger partial charge in [0.2, 0.25) is 0 Å². The zero-order chi connectivity index (χ0) is 30.1. The molecule has 210 valence electrons. The van der Waals surface area contributed by atoms with Crippen LogP contribution in [0, 0.1) is 39.0 Å². The molecule has 0 radical (unpaired) electrons. The van der Waals surface area contributed by atoms with E-state index >= 15 is 0 Å². The Labute approximate surface area is 256 Å². The summed E-state index contributed by atoms with van der Waals surface area (Å²) in [5.41, 5.74) is 13.9. The average molecular weight is 567 g/mol. The molecule has 0 bridgehead atoms. The fraction of sp³-hybridized carbons (Fsp3) is 0.100. The minimum Gasteiger partial charge on any atom is -0.308 e. The Morgan fingerprint density at radius 3 is 1.20 bits per heavy atom. The standard InChI is InChI=1S/C40H30N4/c1-24-5-9-30-31-10-6-25(2)18-35(31)43(34(30)17-24)38-21-28(23-41)22-39(40(38)29-13-15-42-16-14-29)44-36-19-26(3)7-11-32(36)33-12-8-27(4)20-37(33)44/h5-22H,1-4H3. The number of pyridine rings is 1. The van der Waals surface area contributed by atoms with Gasteiger partial charge in [0.15, 0.2) is 0 Å². The first-order valence-electron chi connectivity index (χ1n) is 14.9. The van der Waals surface area contributed by atoms with Gasteiger partial charge in [-0.2, -0.15) is 5.26 Å². The van der Waals surface area contributed by atoms with Gasteiger partial charge in [-0.15, -0.1) is 0 Å². The van der Waals surface area contributed by atoms with E-state index in [4.69, 9.17) is 0 Å². The summed E-state index contributed by atoms with van der Waals surface area (Å²) < 4.78 is 4.71. The van der Waals surface area contributed by atoms with Gasteiger partial charge in [-0.05, 0) is 104 Å². The Hall–Kier alpha value is -5.66. The summed E-state index contributed by atoms with van der Waals surface area (Å²) in [7, 11) is 0. The highest BCUT2D eigenvalue weighted by Gasteiger charge is 2.23. The number of fused-ring (bicyclic) bond motifs is 6. The van der Waals surface area contributed by atoms with Crippen LogP contribution in [0.25, 0.3) is 66.1 Å². The van der Waals surface area contributed by atoms with Gasteiger partial charge in [0.1, 0.15) is 0 Å². The van der Waals surface area contributed by atoms with Gasteiger partial charge in [0.25, 0.3) is 0 Å². The first kappa shape index (κ1) is 26.0. The van der Waals surface area contributed by atoms with Gasteiger partial charge in [-0.1, -0.05) is 48.5 Å². The maximum atomic E-state index is 10.5. The van der Waals surface area contributed by atoms with Gasteiger partial charge in [-0.3, -0.25) is 4.98 Å². The van der Waals surface area contributed by atoms with E-state index in [0.717, 1.165) is 44.6 Å². The highest BCUT2D eigenvalue weighted by atomic mass is 15.0. The second kappa shape index (κ2) is 9.69. The molecule has 0 saturated heterocycles. The van der Waals surface area contributed by atoms with Crippen molar-refractivity contribution in [1.29, 1.82) is 5.26 Å². The van der Waals surface area contributed by atoms with E-state index in [1.807, 2.05) is 24.5 Å². The van der Waals surface area contributed by atoms with Crippen molar-refractivity contribution in [1.82, 2.24) is 14.1 Å². The van der Waals surface area contributed by atoms with Gasteiger partial charge >= 0.3 is 0 Å². The maximum Gasteiger partial charge on any atom is 0.0993 e. The molecular formula is C40H30N4.